The summed E-state index contributed by atoms with van der Waals surface area (Å²) >= 11 is 0. The molecule has 20 heavy (non-hydrogen) atoms. The molecule has 5 heteroatoms. The van der Waals surface area contributed by atoms with Crippen LogP contribution in [0.3, 0.4) is 0 Å². The molecule has 1 aliphatic rings. The zero-order valence-electron chi connectivity index (χ0n) is 12.2. The Bertz CT molecular complexity index is 555. The average Bonchev–Trinajstić information content (AvgIpc) is 2.65. The smallest absolute Gasteiger partial charge is 0.245 e. The highest BCUT2D eigenvalue weighted by molar-refractivity contribution is 7.89. The van der Waals surface area contributed by atoms with Crippen molar-refractivity contribution in [1.82, 2.24) is 4.31 Å². The van der Waals surface area contributed by atoms with E-state index in [0.29, 0.717) is 30.6 Å². The van der Waals surface area contributed by atoms with Gasteiger partial charge in [-0.25, -0.2) is 8.42 Å². The molecule has 0 aromatic heterocycles. The van der Waals surface area contributed by atoms with Gasteiger partial charge in [-0.05, 0) is 43.2 Å². The van der Waals surface area contributed by atoms with E-state index < -0.39 is 10.0 Å². The minimum atomic E-state index is -3.46. The maximum absolute atomic E-state index is 12.7. The van der Waals surface area contributed by atoms with E-state index in [9.17, 15) is 8.42 Å². The first-order valence-electron chi connectivity index (χ1n) is 7.27. The van der Waals surface area contributed by atoms with E-state index >= 15 is 0 Å². The number of nitrogen functional groups attached to an aromatic ring is 1. The zero-order valence-corrected chi connectivity index (χ0v) is 13.1. The third-order valence-corrected chi connectivity index (χ3v) is 6.18. The van der Waals surface area contributed by atoms with Crippen molar-refractivity contribution in [3.05, 3.63) is 24.3 Å². The second kappa shape index (κ2) is 6.14. The number of para-hydroxylation sites is 1. The molecule has 0 saturated carbocycles. The van der Waals surface area contributed by atoms with Crippen LogP contribution in [-0.2, 0) is 10.0 Å². The molecule has 1 heterocycles. The monoisotopic (exact) mass is 296 g/mol. The molecular weight excluding hydrogens is 272 g/mol. The molecule has 1 aromatic rings. The molecule has 112 valence electrons. The van der Waals surface area contributed by atoms with Crippen LogP contribution in [0.2, 0.25) is 0 Å². The highest BCUT2D eigenvalue weighted by atomic mass is 32.2. The topological polar surface area (TPSA) is 63.4 Å². The third-order valence-electron chi connectivity index (χ3n) is 4.21. The molecule has 1 aromatic carbocycles. The van der Waals surface area contributed by atoms with Crippen molar-refractivity contribution in [3.8, 4) is 0 Å². The molecule has 1 atom stereocenters. The molecule has 2 rings (SSSR count). The molecule has 0 aliphatic carbocycles. The summed E-state index contributed by atoms with van der Waals surface area (Å²) in [5.74, 6) is 1.22. The van der Waals surface area contributed by atoms with Crippen molar-refractivity contribution in [1.29, 1.82) is 0 Å². The molecule has 0 bridgehead atoms. The predicted octanol–water partition coefficient (Wildman–Crippen LogP) is 2.72. The normalized spacial score (nSPS) is 21.9. The van der Waals surface area contributed by atoms with Crippen molar-refractivity contribution in [2.24, 2.45) is 11.8 Å². The molecule has 1 unspecified atom stereocenters. The summed E-state index contributed by atoms with van der Waals surface area (Å²) in [6.07, 6.45) is 2.96. The first kappa shape index (κ1) is 15.3. The van der Waals surface area contributed by atoms with Crippen LogP contribution in [0.5, 0.6) is 0 Å². The molecule has 1 aliphatic heterocycles. The van der Waals surface area contributed by atoms with Gasteiger partial charge in [-0.1, -0.05) is 26.0 Å². The van der Waals surface area contributed by atoms with Crippen LogP contribution in [0, 0.1) is 11.8 Å². The lowest BCUT2D eigenvalue weighted by Crippen LogP contribution is -2.32. The summed E-state index contributed by atoms with van der Waals surface area (Å²) in [5, 5.41) is 0. The molecule has 1 fully saturated rings. The van der Waals surface area contributed by atoms with Gasteiger partial charge < -0.3 is 5.73 Å². The summed E-state index contributed by atoms with van der Waals surface area (Å²) in [6, 6.07) is 6.71. The second-order valence-electron chi connectivity index (χ2n) is 5.88. The average molecular weight is 296 g/mol. The van der Waals surface area contributed by atoms with Crippen LogP contribution in [-0.4, -0.2) is 25.8 Å². The number of benzene rings is 1. The van der Waals surface area contributed by atoms with Crippen LogP contribution in [0.15, 0.2) is 29.2 Å². The predicted molar refractivity (Wildman–Crippen MR) is 81.8 cm³/mol. The van der Waals surface area contributed by atoms with Gasteiger partial charge in [0.05, 0.1) is 5.69 Å². The van der Waals surface area contributed by atoms with Gasteiger partial charge in [-0.15, -0.1) is 0 Å². The van der Waals surface area contributed by atoms with E-state index in [1.54, 1.807) is 28.6 Å². The molecule has 0 amide bonds. The van der Waals surface area contributed by atoms with E-state index in [-0.39, 0.29) is 4.90 Å². The van der Waals surface area contributed by atoms with Gasteiger partial charge >= 0.3 is 0 Å². The quantitative estimate of drug-likeness (QED) is 0.872. The summed E-state index contributed by atoms with van der Waals surface area (Å²) in [7, 11) is -3.46. The lowest BCUT2D eigenvalue weighted by molar-refractivity contribution is 0.341. The van der Waals surface area contributed by atoms with Gasteiger partial charge in [0.15, 0.2) is 0 Å². The van der Waals surface area contributed by atoms with E-state index in [4.69, 9.17) is 5.73 Å². The van der Waals surface area contributed by atoms with Crippen LogP contribution in [0.1, 0.15) is 33.1 Å². The Labute approximate surface area is 122 Å². The van der Waals surface area contributed by atoms with E-state index in [0.717, 1.165) is 19.3 Å². The number of hydrogen-bond donors (Lipinski definition) is 1. The Balaban J connectivity index is 2.21. The first-order valence-corrected chi connectivity index (χ1v) is 8.71. The summed E-state index contributed by atoms with van der Waals surface area (Å²) in [6.45, 7) is 5.62. The van der Waals surface area contributed by atoms with Crippen molar-refractivity contribution < 1.29 is 8.42 Å². The minimum absolute atomic E-state index is 0.239. The van der Waals surface area contributed by atoms with Gasteiger partial charge in [0.25, 0.3) is 0 Å². The zero-order chi connectivity index (χ0) is 14.8. The number of nitrogens with zero attached hydrogens (tertiary/aromatic N) is 1. The fourth-order valence-corrected chi connectivity index (χ4v) is 4.47. The highest BCUT2D eigenvalue weighted by Crippen LogP contribution is 2.29. The number of rotatable bonds is 3. The fraction of sp³-hybridized carbons (Fsp3) is 0.600. The molecule has 1 saturated heterocycles. The third kappa shape index (κ3) is 3.15. The first-order chi connectivity index (χ1) is 9.43. The lowest BCUT2D eigenvalue weighted by Gasteiger charge is -2.22. The van der Waals surface area contributed by atoms with E-state index in [1.165, 1.54) is 0 Å². The molecule has 4 nitrogen and oxygen atoms in total. The maximum Gasteiger partial charge on any atom is 0.245 e. The van der Waals surface area contributed by atoms with Crippen LogP contribution >= 0.6 is 0 Å². The fourth-order valence-electron chi connectivity index (χ4n) is 2.86. The van der Waals surface area contributed by atoms with Crippen LogP contribution in [0.25, 0.3) is 0 Å². The maximum atomic E-state index is 12.7. The molecule has 0 spiro atoms. The van der Waals surface area contributed by atoms with Gasteiger partial charge in [0.1, 0.15) is 4.90 Å². The second-order valence-corrected chi connectivity index (χ2v) is 7.78. The minimum Gasteiger partial charge on any atom is -0.398 e. The number of anilines is 1. The summed E-state index contributed by atoms with van der Waals surface area (Å²) in [5.41, 5.74) is 6.15. The van der Waals surface area contributed by atoms with Gasteiger partial charge in [-0.2, -0.15) is 4.31 Å². The van der Waals surface area contributed by atoms with Crippen molar-refractivity contribution in [3.63, 3.8) is 0 Å². The largest absolute Gasteiger partial charge is 0.398 e. The van der Waals surface area contributed by atoms with E-state index in [2.05, 4.69) is 13.8 Å². The Morgan fingerprint density at radius 3 is 2.55 bits per heavy atom. The number of hydrogen-bond acceptors (Lipinski definition) is 3. The van der Waals surface area contributed by atoms with E-state index in [1.807, 2.05) is 0 Å². The summed E-state index contributed by atoms with van der Waals surface area (Å²) in [4.78, 5) is 0.239. The Hall–Kier alpha value is -1.07. The van der Waals surface area contributed by atoms with Gasteiger partial charge in [0.2, 0.25) is 10.0 Å². The Morgan fingerprint density at radius 2 is 1.90 bits per heavy atom. The van der Waals surface area contributed by atoms with Crippen LogP contribution < -0.4 is 5.73 Å². The van der Waals surface area contributed by atoms with Gasteiger partial charge in [-0.3, -0.25) is 0 Å². The molecule has 2 N–H and O–H groups in total. The van der Waals surface area contributed by atoms with Crippen LogP contribution in [0.4, 0.5) is 5.69 Å². The lowest BCUT2D eigenvalue weighted by atomic mass is 9.89. The highest BCUT2D eigenvalue weighted by Gasteiger charge is 2.29. The number of nitrogens with two attached hydrogens (primary N) is 1. The SMILES string of the molecule is CC(C)C1CCCN(S(=O)(=O)c2ccccc2N)CC1. The molecular formula is C15H24N2O2S. The van der Waals surface area contributed by atoms with Gasteiger partial charge in [0, 0.05) is 13.1 Å². The number of sulfonamides is 1. The standard InChI is InChI=1S/C15H24N2O2S/c1-12(2)13-6-5-10-17(11-9-13)20(18,19)15-8-4-3-7-14(15)16/h3-4,7-8,12-13H,5-6,9-11,16H2,1-2H3. The molecule has 0 radical (unpaired) electrons. The summed E-state index contributed by atoms with van der Waals surface area (Å²) < 4.78 is 27.0. The van der Waals surface area contributed by atoms with Crippen molar-refractivity contribution >= 4 is 15.7 Å². The Kier molecular flexibility index (Phi) is 4.70. The van der Waals surface area contributed by atoms with Crippen molar-refractivity contribution in [2.75, 3.05) is 18.8 Å². The Morgan fingerprint density at radius 1 is 1.20 bits per heavy atom. The van der Waals surface area contributed by atoms with Crippen molar-refractivity contribution in [2.45, 2.75) is 38.0 Å².